The molecule has 0 radical (unpaired) electrons. The molecule has 6 atom stereocenters. The van der Waals surface area contributed by atoms with Gasteiger partial charge in [-0.15, -0.1) is 0 Å². The Hall–Kier alpha value is -0.560. The molecule has 2 N–H and O–H groups in total. The molecule has 2 fully saturated rings. The van der Waals surface area contributed by atoms with Crippen LogP contribution in [0.5, 0.6) is 0 Å². The number of rotatable bonds is 1. The second-order valence-electron chi connectivity index (χ2n) is 9.04. The molecule has 122 valence electrons. The summed E-state index contributed by atoms with van der Waals surface area (Å²) in [6.45, 7) is 7.51. The van der Waals surface area contributed by atoms with E-state index in [2.05, 4.69) is 32.9 Å². The lowest BCUT2D eigenvalue weighted by molar-refractivity contribution is -0.0188. The Kier molecular flexibility index (Phi) is 3.39. The van der Waals surface area contributed by atoms with Gasteiger partial charge in [0, 0.05) is 6.04 Å². The predicted molar refractivity (Wildman–Crippen MR) is 93.4 cm³/mol. The molecule has 22 heavy (non-hydrogen) atoms. The third-order valence-electron chi connectivity index (χ3n) is 8.26. The van der Waals surface area contributed by atoms with Crippen LogP contribution in [0.15, 0.2) is 23.3 Å². The summed E-state index contributed by atoms with van der Waals surface area (Å²) in [6.07, 6.45) is 15.8. The van der Waals surface area contributed by atoms with Crippen LogP contribution in [-0.2, 0) is 0 Å². The number of allylic oxidation sites excluding steroid dienone is 3. The van der Waals surface area contributed by atoms with E-state index in [1.807, 2.05) is 0 Å². The Morgan fingerprint density at radius 3 is 2.59 bits per heavy atom. The van der Waals surface area contributed by atoms with Gasteiger partial charge in [-0.2, -0.15) is 0 Å². The van der Waals surface area contributed by atoms with E-state index in [9.17, 15) is 0 Å². The minimum Gasteiger partial charge on any atom is -0.327 e. The van der Waals surface area contributed by atoms with E-state index in [1.165, 1.54) is 51.4 Å². The highest BCUT2D eigenvalue weighted by Crippen LogP contribution is 2.65. The second kappa shape index (κ2) is 4.97. The normalized spacial score (nSPS) is 50.5. The summed E-state index contributed by atoms with van der Waals surface area (Å²) in [4.78, 5) is 0. The Labute approximate surface area is 136 Å². The van der Waals surface area contributed by atoms with Crippen molar-refractivity contribution in [1.29, 1.82) is 0 Å². The van der Waals surface area contributed by atoms with Gasteiger partial charge in [0.15, 0.2) is 0 Å². The highest BCUT2D eigenvalue weighted by Gasteiger charge is 2.56. The lowest BCUT2D eigenvalue weighted by Crippen LogP contribution is -2.50. The van der Waals surface area contributed by atoms with Crippen molar-refractivity contribution in [2.24, 2.45) is 34.3 Å². The van der Waals surface area contributed by atoms with Crippen molar-refractivity contribution in [2.75, 3.05) is 0 Å². The topological polar surface area (TPSA) is 26.0 Å². The van der Waals surface area contributed by atoms with Gasteiger partial charge in [0.1, 0.15) is 0 Å². The van der Waals surface area contributed by atoms with Gasteiger partial charge in [-0.05, 0) is 80.0 Å². The minimum absolute atomic E-state index is 0.421. The molecule has 6 unspecified atom stereocenters. The molecule has 0 aliphatic heterocycles. The molecule has 4 rings (SSSR count). The molecular weight excluding hydrogens is 266 g/mol. The van der Waals surface area contributed by atoms with Crippen LogP contribution in [0.2, 0.25) is 0 Å². The zero-order chi connectivity index (χ0) is 15.5. The summed E-state index contributed by atoms with van der Waals surface area (Å²) < 4.78 is 0. The highest BCUT2D eigenvalue weighted by molar-refractivity contribution is 5.30. The summed E-state index contributed by atoms with van der Waals surface area (Å²) in [5.74, 6) is 2.75. The number of fused-ring (bicyclic) bond motifs is 5. The van der Waals surface area contributed by atoms with Crippen molar-refractivity contribution >= 4 is 0 Å². The molecule has 2 saturated carbocycles. The SMILES string of the molecule is CCC1=CCC2C3CC=C4CC(N)CCC4(C)C3CCC12C. The maximum Gasteiger partial charge on any atom is 0.00766 e. The maximum atomic E-state index is 6.26. The van der Waals surface area contributed by atoms with Crippen molar-refractivity contribution < 1.29 is 0 Å². The molecule has 0 saturated heterocycles. The summed E-state index contributed by atoms with van der Waals surface area (Å²) in [5.41, 5.74) is 10.7. The van der Waals surface area contributed by atoms with E-state index < -0.39 is 0 Å². The van der Waals surface area contributed by atoms with Gasteiger partial charge in [0.05, 0.1) is 0 Å². The molecule has 1 nitrogen and oxygen atoms in total. The first kappa shape index (κ1) is 15.0. The van der Waals surface area contributed by atoms with E-state index in [0.29, 0.717) is 16.9 Å². The predicted octanol–water partition coefficient (Wildman–Crippen LogP) is 5.22. The third kappa shape index (κ3) is 1.87. The zero-order valence-corrected chi connectivity index (χ0v) is 14.7. The molecule has 0 spiro atoms. The Bertz CT molecular complexity index is 530. The van der Waals surface area contributed by atoms with E-state index in [4.69, 9.17) is 5.73 Å². The molecule has 0 heterocycles. The van der Waals surface area contributed by atoms with Crippen LogP contribution in [0.1, 0.15) is 72.1 Å². The van der Waals surface area contributed by atoms with Gasteiger partial charge in [-0.1, -0.05) is 44.1 Å². The summed E-state index contributed by atoms with van der Waals surface area (Å²) in [6, 6.07) is 0.421. The molecule has 0 aromatic carbocycles. The van der Waals surface area contributed by atoms with Crippen LogP contribution in [-0.4, -0.2) is 6.04 Å². The quantitative estimate of drug-likeness (QED) is 0.660. The standard InChI is InChI=1S/C21H33N/c1-4-14-6-8-18-17-7-5-15-13-16(22)9-11-21(15,3)19(17)10-12-20(14,18)2/h5-6,16-19H,4,7-13,22H2,1-3H3. The monoisotopic (exact) mass is 299 g/mol. The van der Waals surface area contributed by atoms with Crippen molar-refractivity contribution in [3.63, 3.8) is 0 Å². The average molecular weight is 300 g/mol. The number of nitrogens with two attached hydrogens (primary N) is 1. The number of hydrogen-bond donors (Lipinski definition) is 1. The summed E-state index contributed by atoms with van der Waals surface area (Å²) >= 11 is 0. The molecule has 0 aromatic rings. The molecule has 0 bridgehead atoms. The van der Waals surface area contributed by atoms with Gasteiger partial charge in [0.25, 0.3) is 0 Å². The molecule has 0 aromatic heterocycles. The first-order chi connectivity index (χ1) is 10.5. The molecule has 1 heteroatoms. The van der Waals surface area contributed by atoms with E-state index in [0.717, 1.165) is 17.8 Å². The zero-order valence-electron chi connectivity index (χ0n) is 14.7. The summed E-state index contributed by atoms with van der Waals surface area (Å²) in [5, 5.41) is 0. The lowest BCUT2D eigenvalue weighted by Gasteiger charge is -2.58. The Balaban J connectivity index is 1.66. The Morgan fingerprint density at radius 1 is 1.05 bits per heavy atom. The van der Waals surface area contributed by atoms with Crippen LogP contribution in [0.25, 0.3) is 0 Å². The molecular formula is C21H33N. The first-order valence-electron chi connectivity index (χ1n) is 9.63. The van der Waals surface area contributed by atoms with Crippen LogP contribution < -0.4 is 5.73 Å². The van der Waals surface area contributed by atoms with Crippen LogP contribution in [0.3, 0.4) is 0 Å². The summed E-state index contributed by atoms with van der Waals surface area (Å²) in [7, 11) is 0. The van der Waals surface area contributed by atoms with Crippen LogP contribution in [0.4, 0.5) is 0 Å². The number of hydrogen-bond acceptors (Lipinski definition) is 1. The van der Waals surface area contributed by atoms with E-state index >= 15 is 0 Å². The fraction of sp³-hybridized carbons (Fsp3) is 0.810. The largest absolute Gasteiger partial charge is 0.327 e. The van der Waals surface area contributed by atoms with Gasteiger partial charge in [0.2, 0.25) is 0 Å². The van der Waals surface area contributed by atoms with Crippen LogP contribution >= 0.6 is 0 Å². The van der Waals surface area contributed by atoms with Crippen molar-refractivity contribution in [3.8, 4) is 0 Å². The van der Waals surface area contributed by atoms with Crippen molar-refractivity contribution in [2.45, 2.75) is 78.2 Å². The van der Waals surface area contributed by atoms with E-state index in [1.54, 1.807) is 11.1 Å². The lowest BCUT2D eigenvalue weighted by atomic mass is 9.47. The minimum atomic E-state index is 0.421. The first-order valence-corrected chi connectivity index (χ1v) is 9.63. The molecule has 4 aliphatic carbocycles. The van der Waals surface area contributed by atoms with Gasteiger partial charge >= 0.3 is 0 Å². The van der Waals surface area contributed by atoms with Crippen molar-refractivity contribution in [1.82, 2.24) is 0 Å². The van der Waals surface area contributed by atoms with Gasteiger partial charge < -0.3 is 5.73 Å². The average Bonchev–Trinajstić information content (AvgIpc) is 2.84. The second-order valence-corrected chi connectivity index (χ2v) is 9.04. The van der Waals surface area contributed by atoms with Gasteiger partial charge in [-0.3, -0.25) is 0 Å². The highest BCUT2D eigenvalue weighted by atomic mass is 14.7. The fourth-order valence-corrected chi connectivity index (χ4v) is 6.89. The van der Waals surface area contributed by atoms with Crippen LogP contribution in [0, 0.1) is 28.6 Å². The fourth-order valence-electron chi connectivity index (χ4n) is 6.89. The maximum absolute atomic E-state index is 6.26. The smallest absolute Gasteiger partial charge is 0.00766 e. The Morgan fingerprint density at radius 2 is 1.82 bits per heavy atom. The third-order valence-corrected chi connectivity index (χ3v) is 8.26. The van der Waals surface area contributed by atoms with E-state index in [-0.39, 0.29) is 0 Å². The molecule has 4 aliphatic rings. The van der Waals surface area contributed by atoms with Gasteiger partial charge in [-0.25, -0.2) is 0 Å². The van der Waals surface area contributed by atoms with Crippen molar-refractivity contribution in [3.05, 3.63) is 23.3 Å². The molecule has 0 amide bonds.